The van der Waals surface area contributed by atoms with Crippen LogP contribution >= 0.6 is 0 Å². The molecule has 1 aromatic rings. The van der Waals surface area contributed by atoms with E-state index in [4.69, 9.17) is 5.84 Å². The van der Waals surface area contributed by atoms with Gasteiger partial charge in [0, 0.05) is 41.9 Å². The number of anilines is 3. The molecule has 0 saturated heterocycles. The van der Waals surface area contributed by atoms with Crippen molar-refractivity contribution >= 4 is 28.6 Å². The van der Waals surface area contributed by atoms with Gasteiger partial charge in [-0.2, -0.15) is 15.0 Å². The Morgan fingerprint density at radius 1 is 1.25 bits per heavy atom. The fourth-order valence-electron chi connectivity index (χ4n) is 1.51. The summed E-state index contributed by atoms with van der Waals surface area (Å²) in [6.07, 6.45) is 1.67. The van der Waals surface area contributed by atoms with Gasteiger partial charge in [-0.25, -0.2) is 5.84 Å². The second kappa shape index (κ2) is 7.95. The van der Waals surface area contributed by atoms with Crippen LogP contribution in [0.15, 0.2) is 0 Å². The Hall–Kier alpha value is -1.48. The topological polar surface area (TPSA) is 109 Å². The third-order valence-corrected chi connectivity index (χ3v) is 4.21. The Bertz CT molecular complexity index is 452. The zero-order valence-electron chi connectivity index (χ0n) is 12.4. The first kappa shape index (κ1) is 16.6. The van der Waals surface area contributed by atoms with Crippen molar-refractivity contribution in [2.24, 2.45) is 5.84 Å². The number of nitrogens with zero attached hydrogens (tertiary/aromatic N) is 4. The van der Waals surface area contributed by atoms with Crippen LogP contribution in [0.2, 0.25) is 0 Å². The molecule has 1 heterocycles. The lowest BCUT2D eigenvalue weighted by atomic mass is 10.5. The van der Waals surface area contributed by atoms with Crippen molar-refractivity contribution in [1.29, 1.82) is 0 Å². The number of nitrogen functional groups attached to an aromatic ring is 1. The highest BCUT2D eigenvalue weighted by Crippen LogP contribution is 2.13. The van der Waals surface area contributed by atoms with E-state index in [1.807, 2.05) is 25.7 Å². The molecule has 0 radical (unpaired) electrons. The largest absolute Gasteiger partial charge is 0.353 e. The maximum absolute atomic E-state index is 11.3. The van der Waals surface area contributed by atoms with Crippen LogP contribution in [0, 0.1) is 0 Å². The van der Waals surface area contributed by atoms with Gasteiger partial charge in [0.25, 0.3) is 0 Å². The average molecular weight is 301 g/mol. The Labute approximate surface area is 122 Å². The number of rotatable bonds is 8. The molecule has 9 heteroatoms. The quantitative estimate of drug-likeness (QED) is 0.461. The maximum atomic E-state index is 11.3. The van der Waals surface area contributed by atoms with Crippen molar-refractivity contribution < 1.29 is 4.21 Å². The van der Waals surface area contributed by atoms with E-state index in [9.17, 15) is 4.21 Å². The molecule has 0 saturated carbocycles. The molecule has 0 spiro atoms. The number of hydrogen-bond donors (Lipinski definition) is 3. The van der Waals surface area contributed by atoms with Crippen LogP contribution in [-0.4, -0.2) is 50.3 Å². The molecule has 0 aliphatic rings. The van der Waals surface area contributed by atoms with E-state index in [1.165, 1.54) is 0 Å². The molecule has 0 aromatic carbocycles. The monoisotopic (exact) mass is 301 g/mol. The van der Waals surface area contributed by atoms with Gasteiger partial charge >= 0.3 is 0 Å². The number of nitrogens with one attached hydrogen (secondary N) is 2. The minimum absolute atomic E-state index is 0.0120. The SMILES string of the molecule is CCN(CC)c1nc(NN)nc(NCC(C)S(C)=O)n1. The first-order valence-corrected chi connectivity index (χ1v) is 8.17. The van der Waals surface area contributed by atoms with E-state index in [-0.39, 0.29) is 5.25 Å². The van der Waals surface area contributed by atoms with Crippen LogP contribution in [0.4, 0.5) is 17.8 Å². The molecule has 0 amide bonds. The van der Waals surface area contributed by atoms with Gasteiger partial charge in [-0.1, -0.05) is 0 Å². The Balaban J connectivity index is 2.90. The molecule has 8 nitrogen and oxygen atoms in total. The summed E-state index contributed by atoms with van der Waals surface area (Å²) in [5.74, 6) is 6.66. The number of aromatic nitrogens is 3. The van der Waals surface area contributed by atoms with Crippen molar-refractivity contribution in [1.82, 2.24) is 15.0 Å². The Morgan fingerprint density at radius 3 is 2.35 bits per heavy atom. The fourth-order valence-corrected chi connectivity index (χ4v) is 1.83. The summed E-state index contributed by atoms with van der Waals surface area (Å²) in [4.78, 5) is 14.7. The van der Waals surface area contributed by atoms with E-state index in [0.29, 0.717) is 24.4 Å². The standard InChI is InChI=1S/C11H23N7OS/c1-5-18(6-2)11-15-9(14-10(16-11)17-12)13-7-8(3)20(4)19/h8H,5-7,12H2,1-4H3,(H2,13,14,15,16,17). The summed E-state index contributed by atoms with van der Waals surface area (Å²) >= 11 is 0. The third kappa shape index (κ3) is 4.57. The van der Waals surface area contributed by atoms with Crippen LogP contribution in [0.1, 0.15) is 20.8 Å². The van der Waals surface area contributed by atoms with Gasteiger partial charge in [0.05, 0.1) is 0 Å². The highest BCUT2D eigenvalue weighted by Gasteiger charge is 2.12. The lowest BCUT2D eigenvalue weighted by molar-refractivity contribution is 0.678. The van der Waals surface area contributed by atoms with E-state index < -0.39 is 10.8 Å². The van der Waals surface area contributed by atoms with Crippen molar-refractivity contribution in [3.8, 4) is 0 Å². The molecule has 20 heavy (non-hydrogen) atoms. The summed E-state index contributed by atoms with van der Waals surface area (Å²) < 4.78 is 11.3. The molecule has 0 bridgehead atoms. The molecule has 2 unspecified atom stereocenters. The lowest BCUT2D eigenvalue weighted by Crippen LogP contribution is -2.27. The molecule has 0 aliphatic heterocycles. The molecule has 1 aromatic heterocycles. The van der Waals surface area contributed by atoms with Crippen LogP contribution in [-0.2, 0) is 10.8 Å². The highest BCUT2D eigenvalue weighted by atomic mass is 32.2. The zero-order chi connectivity index (χ0) is 15.1. The van der Waals surface area contributed by atoms with Crippen molar-refractivity contribution in [2.45, 2.75) is 26.0 Å². The highest BCUT2D eigenvalue weighted by molar-refractivity contribution is 7.84. The van der Waals surface area contributed by atoms with Crippen LogP contribution in [0.25, 0.3) is 0 Å². The van der Waals surface area contributed by atoms with Gasteiger partial charge in [0.1, 0.15) is 0 Å². The molecular formula is C11H23N7OS. The van der Waals surface area contributed by atoms with Crippen LogP contribution < -0.4 is 21.5 Å². The Kier molecular flexibility index (Phi) is 6.59. The second-order valence-corrected chi connectivity index (χ2v) is 6.09. The van der Waals surface area contributed by atoms with Crippen molar-refractivity contribution in [2.75, 3.05) is 41.5 Å². The maximum Gasteiger partial charge on any atom is 0.243 e. The van der Waals surface area contributed by atoms with Gasteiger partial charge < -0.3 is 10.2 Å². The van der Waals surface area contributed by atoms with Gasteiger partial charge in [-0.15, -0.1) is 0 Å². The molecule has 2 atom stereocenters. The molecule has 1 rings (SSSR count). The molecular weight excluding hydrogens is 278 g/mol. The number of hydrogen-bond acceptors (Lipinski definition) is 8. The summed E-state index contributed by atoms with van der Waals surface area (Å²) in [7, 11) is -0.893. The average Bonchev–Trinajstić information content (AvgIpc) is 2.45. The molecule has 0 aliphatic carbocycles. The smallest absolute Gasteiger partial charge is 0.243 e. The summed E-state index contributed by atoms with van der Waals surface area (Å²) in [5, 5.41) is 3.08. The normalized spacial score (nSPS) is 13.7. The second-order valence-electron chi connectivity index (χ2n) is 4.29. The zero-order valence-corrected chi connectivity index (χ0v) is 13.2. The van der Waals surface area contributed by atoms with Gasteiger partial charge in [-0.05, 0) is 20.8 Å². The first-order valence-electron chi connectivity index (χ1n) is 6.55. The molecule has 0 fully saturated rings. The van der Waals surface area contributed by atoms with E-state index in [2.05, 4.69) is 25.7 Å². The van der Waals surface area contributed by atoms with E-state index in [1.54, 1.807) is 6.26 Å². The van der Waals surface area contributed by atoms with E-state index in [0.717, 1.165) is 13.1 Å². The lowest BCUT2D eigenvalue weighted by Gasteiger charge is -2.19. The van der Waals surface area contributed by atoms with Gasteiger partial charge in [0.2, 0.25) is 17.8 Å². The summed E-state index contributed by atoms with van der Waals surface area (Å²) in [6.45, 7) is 8.06. The molecule has 114 valence electrons. The minimum atomic E-state index is -0.893. The predicted octanol–water partition coefficient (Wildman–Crippen LogP) is 0.182. The predicted molar refractivity (Wildman–Crippen MR) is 83.2 cm³/mol. The first-order chi connectivity index (χ1) is 9.51. The fraction of sp³-hybridized carbons (Fsp3) is 0.727. The van der Waals surface area contributed by atoms with Gasteiger partial charge in [0.15, 0.2) is 0 Å². The van der Waals surface area contributed by atoms with Crippen LogP contribution in [0.5, 0.6) is 0 Å². The number of nitrogens with two attached hydrogens (primary N) is 1. The summed E-state index contributed by atoms with van der Waals surface area (Å²) in [6, 6.07) is 0. The van der Waals surface area contributed by atoms with Crippen molar-refractivity contribution in [3.05, 3.63) is 0 Å². The number of hydrazine groups is 1. The van der Waals surface area contributed by atoms with E-state index >= 15 is 0 Å². The third-order valence-electron chi connectivity index (χ3n) is 2.91. The van der Waals surface area contributed by atoms with Crippen LogP contribution in [0.3, 0.4) is 0 Å². The summed E-state index contributed by atoms with van der Waals surface area (Å²) in [5.41, 5.74) is 2.43. The molecule has 4 N–H and O–H groups in total. The van der Waals surface area contributed by atoms with Crippen molar-refractivity contribution in [3.63, 3.8) is 0 Å². The van der Waals surface area contributed by atoms with Gasteiger partial charge in [-0.3, -0.25) is 9.63 Å². The minimum Gasteiger partial charge on any atom is -0.353 e. The Morgan fingerprint density at radius 2 is 1.85 bits per heavy atom.